The van der Waals surface area contributed by atoms with Crippen LogP contribution < -0.4 is 5.32 Å². The number of thiophene rings is 1. The monoisotopic (exact) mass is 454 g/mol. The van der Waals surface area contributed by atoms with Crippen LogP contribution in [0.25, 0.3) is 10.1 Å². The third-order valence-electron chi connectivity index (χ3n) is 5.13. The van der Waals surface area contributed by atoms with E-state index in [4.69, 9.17) is 11.6 Å². The van der Waals surface area contributed by atoms with E-state index in [9.17, 15) is 13.2 Å². The van der Waals surface area contributed by atoms with Gasteiger partial charge in [0, 0.05) is 61.7 Å². The fourth-order valence-electron chi connectivity index (χ4n) is 3.48. The van der Waals surface area contributed by atoms with E-state index in [0.717, 1.165) is 42.8 Å². The average Bonchev–Trinajstić information content (AvgIpc) is 3.14. The zero-order chi connectivity index (χ0) is 20.4. The summed E-state index contributed by atoms with van der Waals surface area (Å²) in [5, 5.41) is 4.71. The van der Waals surface area contributed by atoms with Crippen LogP contribution in [0.2, 0.25) is 5.02 Å². The fourth-order valence-corrected chi connectivity index (χ4v) is 6.69. The molecule has 2 saturated heterocycles. The Balaban J connectivity index is 1.40. The second kappa shape index (κ2) is 8.71. The number of amides is 1. The Kier molecular flexibility index (Phi) is 6.24. The Hall–Kier alpha value is -1.49. The molecule has 2 aromatic rings. The molecule has 29 heavy (non-hydrogen) atoms. The number of nitrogens with one attached hydrogen (secondary N) is 1. The molecule has 0 spiro atoms. The molecule has 156 valence electrons. The van der Waals surface area contributed by atoms with E-state index in [1.165, 1.54) is 15.6 Å². The zero-order valence-corrected chi connectivity index (χ0v) is 18.3. The molecule has 1 amide bonds. The van der Waals surface area contributed by atoms with Crippen LogP contribution >= 0.6 is 22.9 Å². The Morgan fingerprint density at radius 1 is 1.14 bits per heavy atom. The molecule has 2 fully saturated rings. The molecule has 1 N–H and O–H groups in total. The number of benzene rings is 1. The highest BCUT2D eigenvalue weighted by Gasteiger charge is 2.33. The van der Waals surface area contributed by atoms with Crippen molar-refractivity contribution >= 4 is 49.0 Å². The summed E-state index contributed by atoms with van der Waals surface area (Å²) in [4.78, 5) is 16.4. The van der Waals surface area contributed by atoms with Crippen LogP contribution in [0.5, 0.6) is 0 Å². The molecule has 0 atom stereocenters. The highest BCUT2D eigenvalue weighted by molar-refractivity contribution is 7.91. The topological polar surface area (TPSA) is 73.0 Å². The van der Waals surface area contributed by atoms with E-state index >= 15 is 0 Å². The number of sulfonamides is 1. The minimum absolute atomic E-state index is 0.144. The second-order valence-electron chi connectivity index (χ2n) is 7.11. The zero-order valence-electron chi connectivity index (χ0n) is 15.9. The summed E-state index contributed by atoms with van der Waals surface area (Å²) in [6.07, 6.45) is 3.76. The van der Waals surface area contributed by atoms with Gasteiger partial charge in [-0.15, -0.1) is 11.3 Å². The molecular weight excluding hydrogens is 432 g/mol. The van der Waals surface area contributed by atoms with Gasteiger partial charge in [-0.1, -0.05) is 23.7 Å². The predicted octanol–water partition coefficient (Wildman–Crippen LogP) is 1.81. The van der Waals surface area contributed by atoms with Crippen LogP contribution in [0, 0.1) is 0 Å². The Morgan fingerprint density at radius 3 is 2.69 bits per heavy atom. The van der Waals surface area contributed by atoms with Crippen molar-refractivity contribution in [3.05, 3.63) is 41.6 Å². The summed E-state index contributed by atoms with van der Waals surface area (Å²) in [5.41, 5.74) is 0. The molecule has 2 aliphatic heterocycles. The van der Waals surface area contributed by atoms with E-state index in [0.29, 0.717) is 11.6 Å². The van der Waals surface area contributed by atoms with Crippen molar-refractivity contribution in [1.29, 1.82) is 0 Å². The van der Waals surface area contributed by atoms with E-state index < -0.39 is 10.0 Å². The molecule has 7 nitrogen and oxygen atoms in total. The number of nitrogens with zero attached hydrogens (tertiary/aromatic N) is 3. The van der Waals surface area contributed by atoms with Crippen molar-refractivity contribution in [3.63, 3.8) is 0 Å². The molecule has 10 heteroatoms. The summed E-state index contributed by atoms with van der Waals surface area (Å²) in [6, 6.07) is 6.95. The van der Waals surface area contributed by atoms with Gasteiger partial charge in [0.05, 0.1) is 6.54 Å². The van der Waals surface area contributed by atoms with Crippen LogP contribution in [-0.4, -0.2) is 80.8 Å². The molecule has 1 aromatic carbocycles. The van der Waals surface area contributed by atoms with Crippen molar-refractivity contribution in [2.24, 2.45) is 0 Å². The van der Waals surface area contributed by atoms with Gasteiger partial charge in [0.15, 0.2) is 0 Å². The minimum Gasteiger partial charge on any atom is -0.317 e. The first-order valence-corrected chi connectivity index (χ1v) is 12.2. The molecule has 4 rings (SSSR count). The van der Waals surface area contributed by atoms with Crippen molar-refractivity contribution in [1.82, 2.24) is 19.4 Å². The number of rotatable bonds is 5. The van der Waals surface area contributed by atoms with Gasteiger partial charge in [0.1, 0.15) is 4.21 Å². The maximum atomic E-state index is 13.0. The Bertz CT molecular complexity index is 1030. The van der Waals surface area contributed by atoms with Gasteiger partial charge in [-0.2, -0.15) is 4.31 Å². The molecule has 0 aliphatic carbocycles. The van der Waals surface area contributed by atoms with Crippen molar-refractivity contribution in [2.75, 3.05) is 52.4 Å². The summed E-state index contributed by atoms with van der Waals surface area (Å²) >= 11 is 7.18. The maximum absolute atomic E-state index is 13.0. The Morgan fingerprint density at radius 2 is 1.93 bits per heavy atom. The molecule has 0 radical (unpaired) electrons. The van der Waals surface area contributed by atoms with Gasteiger partial charge < -0.3 is 10.2 Å². The van der Waals surface area contributed by atoms with Crippen LogP contribution in [0.15, 0.2) is 40.8 Å². The van der Waals surface area contributed by atoms with Crippen molar-refractivity contribution in [3.8, 4) is 0 Å². The lowest BCUT2D eigenvalue weighted by molar-refractivity contribution is -0.131. The highest BCUT2D eigenvalue weighted by Crippen LogP contribution is 2.33. The van der Waals surface area contributed by atoms with E-state index in [1.54, 1.807) is 35.4 Å². The van der Waals surface area contributed by atoms with Gasteiger partial charge in [-0.25, -0.2) is 8.42 Å². The third kappa shape index (κ3) is 4.65. The third-order valence-corrected chi connectivity index (χ3v) is 8.76. The minimum atomic E-state index is -3.71. The van der Waals surface area contributed by atoms with Crippen molar-refractivity contribution in [2.45, 2.75) is 4.21 Å². The lowest BCUT2D eigenvalue weighted by Gasteiger charge is -2.31. The van der Waals surface area contributed by atoms with Gasteiger partial charge in [0.2, 0.25) is 5.91 Å². The first-order valence-electron chi connectivity index (χ1n) is 9.52. The summed E-state index contributed by atoms with van der Waals surface area (Å²) < 4.78 is 28.4. The fraction of sp³-hybridized carbons (Fsp3) is 0.421. The molecular formula is C19H23ClN4O3S2. The molecule has 3 heterocycles. The number of hydrogen-bond donors (Lipinski definition) is 1. The average molecular weight is 455 g/mol. The highest BCUT2D eigenvalue weighted by atomic mass is 35.5. The predicted molar refractivity (Wildman–Crippen MR) is 116 cm³/mol. The lowest BCUT2D eigenvalue weighted by Crippen LogP contribution is -2.50. The van der Waals surface area contributed by atoms with E-state index in [2.05, 4.69) is 10.2 Å². The first kappa shape index (κ1) is 20.8. The van der Waals surface area contributed by atoms with Gasteiger partial charge in [-0.3, -0.25) is 9.69 Å². The normalized spacial score (nSPS) is 20.2. The smallest absolute Gasteiger partial charge is 0.253 e. The SMILES string of the molecule is O=C1CN(S(=O)(=O)c2cc3ccc(Cl)cc3s2)CCN1C=CCN1CCNCC1. The van der Waals surface area contributed by atoms with Crippen LogP contribution in [-0.2, 0) is 14.8 Å². The standard InChI is InChI=1S/C19H23ClN4O3S2/c20-16-3-2-15-12-19(28-17(15)13-16)29(26,27)24-11-10-23(18(25)14-24)7-1-6-22-8-4-21-5-9-22/h1-3,7,12-13,21H,4-6,8-11,14H2. The van der Waals surface area contributed by atoms with Crippen LogP contribution in [0.3, 0.4) is 0 Å². The number of fused-ring (bicyclic) bond motifs is 1. The molecule has 0 saturated carbocycles. The molecule has 0 unspecified atom stereocenters. The van der Waals surface area contributed by atoms with Gasteiger partial charge in [-0.05, 0) is 23.6 Å². The summed E-state index contributed by atoms with van der Waals surface area (Å²) in [7, 11) is -3.71. The summed E-state index contributed by atoms with van der Waals surface area (Å²) in [5.74, 6) is -0.208. The molecule has 1 aromatic heterocycles. The number of carbonyl (C=O) groups excluding carboxylic acids is 1. The second-order valence-corrected chi connectivity index (χ2v) is 10.8. The lowest BCUT2D eigenvalue weighted by atomic mass is 10.3. The maximum Gasteiger partial charge on any atom is 0.253 e. The molecule has 0 bridgehead atoms. The van der Waals surface area contributed by atoms with Crippen LogP contribution in [0.1, 0.15) is 0 Å². The van der Waals surface area contributed by atoms with Crippen LogP contribution in [0.4, 0.5) is 0 Å². The number of hydrogen-bond acceptors (Lipinski definition) is 6. The number of piperazine rings is 2. The Labute approximate surface area is 179 Å². The van der Waals surface area contributed by atoms with Gasteiger partial charge in [0.25, 0.3) is 10.0 Å². The summed E-state index contributed by atoms with van der Waals surface area (Å²) in [6.45, 7) is 5.22. The molecule has 2 aliphatic rings. The number of carbonyl (C=O) groups is 1. The quantitative estimate of drug-likeness (QED) is 0.745. The largest absolute Gasteiger partial charge is 0.317 e. The van der Waals surface area contributed by atoms with E-state index in [-0.39, 0.29) is 23.2 Å². The van der Waals surface area contributed by atoms with E-state index in [1.807, 2.05) is 6.08 Å². The first-order chi connectivity index (χ1) is 13.9. The van der Waals surface area contributed by atoms with Gasteiger partial charge >= 0.3 is 0 Å². The number of halogens is 1. The van der Waals surface area contributed by atoms with Crippen molar-refractivity contribution < 1.29 is 13.2 Å².